The molecule has 0 spiro atoms. The highest BCUT2D eigenvalue weighted by atomic mass is 16.5. The molecule has 22 heavy (non-hydrogen) atoms. The van der Waals surface area contributed by atoms with Crippen LogP contribution >= 0.6 is 0 Å². The fourth-order valence-corrected chi connectivity index (χ4v) is 3.82. The summed E-state index contributed by atoms with van der Waals surface area (Å²) in [6, 6.07) is 6.64. The summed E-state index contributed by atoms with van der Waals surface area (Å²) in [4.78, 5) is 22.7. The van der Waals surface area contributed by atoms with Crippen molar-refractivity contribution in [2.75, 3.05) is 13.2 Å². The fourth-order valence-electron chi connectivity index (χ4n) is 3.82. The molecular weight excluding hydrogens is 282 g/mol. The number of aliphatic carboxylic acids is 1. The first kappa shape index (κ1) is 14.9. The van der Waals surface area contributed by atoms with Crippen LogP contribution in [0.15, 0.2) is 24.3 Å². The van der Waals surface area contributed by atoms with E-state index >= 15 is 0 Å². The number of benzene rings is 1. The van der Waals surface area contributed by atoms with Gasteiger partial charge in [0.2, 0.25) is 0 Å². The maximum absolute atomic E-state index is 12.2. The van der Waals surface area contributed by atoms with Crippen LogP contribution in [0.4, 0.5) is 0 Å². The Bertz CT molecular complexity index is 572. The third-order valence-electron chi connectivity index (χ3n) is 4.87. The zero-order valence-corrected chi connectivity index (χ0v) is 12.5. The van der Waals surface area contributed by atoms with Gasteiger partial charge >= 0.3 is 5.97 Å². The first-order valence-corrected chi connectivity index (χ1v) is 7.84. The molecule has 2 saturated carbocycles. The maximum atomic E-state index is 12.2. The molecule has 3 unspecified atom stereocenters. The van der Waals surface area contributed by atoms with E-state index in [0.29, 0.717) is 17.2 Å². The molecule has 2 N–H and O–H groups in total. The summed E-state index contributed by atoms with van der Waals surface area (Å²) in [5, 5.41) is 11.6. The molecule has 1 aromatic rings. The van der Waals surface area contributed by atoms with Gasteiger partial charge < -0.3 is 15.2 Å². The zero-order valence-electron chi connectivity index (χ0n) is 12.5. The number of ether oxygens (including phenoxy) is 1. The molecule has 5 nitrogen and oxygen atoms in total. The largest absolute Gasteiger partial charge is 0.482 e. The SMILES string of the molecule is O=C(O)COc1cccc(C(=O)NCC2CC3CCC2C3)c1. The van der Waals surface area contributed by atoms with Crippen molar-refractivity contribution >= 4 is 11.9 Å². The topological polar surface area (TPSA) is 75.6 Å². The van der Waals surface area contributed by atoms with Crippen molar-refractivity contribution in [3.8, 4) is 5.75 Å². The Morgan fingerprint density at radius 1 is 1.27 bits per heavy atom. The lowest BCUT2D eigenvalue weighted by Crippen LogP contribution is -2.31. The van der Waals surface area contributed by atoms with Crippen molar-refractivity contribution in [1.82, 2.24) is 5.32 Å². The van der Waals surface area contributed by atoms with Gasteiger partial charge in [-0.05, 0) is 55.2 Å². The number of nitrogens with one attached hydrogen (secondary N) is 1. The second kappa shape index (κ2) is 6.38. The van der Waals surface area contributed by atoms with Gasteiger partial charge in [0, 0.05) is 12.1 Å². The monoisotopic (exact) mass is 303 g/mol. The van der Waals surface area contributed by atoms with Crippen LogP contribution in [0.5, 0.6) is 5.75 Å². The van der Waals surface area contributed by atoms with Gasteiger partial charge in [-0.2, -0.15) is 0 Å². The van der Waals surface area contributed by atoms with Gasteiger partial charge in [-0.15, -0.1) is 0 Å². The number of amides is 1. The minimum Gasteiger partial charge on any atom is -0.482 e. The van der Waals surface area contributed by atoms with Crippen LogP contribution in [0.1, 0.15) is 36.0 Å². The molecule has 0 heterocycles. The van der Waals surface area contributed by atoms with E-state index in [1.165, 1.54) is 25.7 Å². The summed E-state index contributed by atoms with van der Waals surface area (Å²) in [6.07, 6.45) is 5.24. The van der Waals surface area contributed by atoms with Crippen LogP contribution in [0, 0.1) is 17.8 Å². The van der Waals surface area contributed by atoms with Gasteiger partial charge in [0.05, 0.1) is 0 Å². The Hall–Kier alpha value is -2.04. The van der Waals surface area contributed by atoms with Crippen LogP contribution in [0.25, 0.3) is 0 Å². The van der Waals surface area contributed by atoms with E-state index in [9.17, 15) is 9.59 Å². The average molecular weight is 303 g/mol. The Labute approximate surface area is 129 Å². The summed E-state index contributed by atoms with van der Waals surface area (Å²) in [7, 11) is 0. The average Bonchev–Trinajstić information content (AvgIpc) is 3.13. The van der Waals surface area contributed by atoms with E-state index in [1.807, 2.05) is 0 Å². The van der Waals surface area contributed by atoms with Crippen LogP contribution in [0.2, 0.25) is 0 Å². The lowest BCUT2D eigenvalue weighted by molar-refractivity contribution is -0.139. The molecule has 1 aromatic carbocycles. The molecule has 2 bridgehead atoms. The van der Waals surface area contributed by atoms with Gasteiger partial charge in [-0.1, -0.05) is 12.5 Å². The minimum absolute atomic E-state index is 0.122. The van der Waals surface area contributed by atoms with Crippen molar-refractivity contribution in [3.63, 3.8) is 0 Å². The van der Waals surface area contributed by atoms with Gasteiger partial charge in [-0.3, -0.25) is 4.79 Å². The maximum Gasteiger partial charge on any atom is 0.341 e. The quantitative estimate of drug-likeness (QED) is 0.845. The Kier molecular flexibility index (Phi) is 4.32. The molecule has 2 aliphatic rings. The van der Waals surface area contributed by atoms with Gasteiger partial charge in [0.25, 0.3) is 5.91 Å². The molecule has 5 heteroatoms. The minimum atomic E-state index is -1.04. The summed E-state index contributed by atoms with van der Waals surface area (Å²) >= 11 is 0. The predicted octanol–water partition coefficient (Wildman–Crippen LogP) is 2.32. The molecule has 0 aliphatic heterocycles. The van der Waals surface area contributed by atoms with Crippen LogP contribution in [-0.4, -0.2) is 30.1 Å². The second-order valence-corrected chi connectivity index (χ2v) is 6.36. The highest BCUT2D eigenvalue weighted by Gasteiger charge is 2.39. The lowest BCUT2D eigenvalue weighted by Gasteiger charge is -2.21. The predicted molar refractivity (Wildman–Crippen MR) is 80.8 cm³/mol. The summed E-state index contributed by atoms with van der Waals surface area (Å²) in [6.45, 7) is 0.330. The van der Waals surface area contributed by atoms with Gasteiger partial charge in [0.15, 0.2) is 6.61 Å². The first-order chi connectivity index (χ1) is 10.6. The number of hydrogen-bond donors (Lipinski definition) is 2. The van der Waals surface area contributed by atoms with Gasteiger partial charge in [-0.25, -0.2) is 4.79 Å². The molecule has 2 fully saturated rings. The Morgan fingerprint density at radius 2 is 2.14 bits per heavy atom. The lowest BCUT2D eigenvalue weighted by atomic mass is 9.89. The molecule has 0 saturated heterocycles. The van der Waals surface area contributed by atoms with Crippen molar-refractivity contribution in [1.29, 1.82) is 0 Å². The Balaban J connectivity index is 1.53. The highest BCUT2D eigenvalue weighted by molar-refractivity contribution is 5.94. The van der Waals surface area contributed by atoms with E-state index in [-0.39, 0.29) is 5.91 Å². The first-order valence-electron chi connectivity index (χ1n) is 7.84. The summed E-state index contributed by atoms with van der Waals surface area (Å²) in [5.41, 5.74) is 0.506. The van der Waals surface area contributed by atoms with Crippen molar-refractivity contribution in [2.24, 2.45) is 17.8 Å². The molecule has 2 aliphatic carbocycles. The molecule has 118 valence electrons. The third kappa shape index (κ3) is 3.40. The van der Waals surface area contributed by atoms with Crippen LogP contribution in [0.3, 0.4) is 0 Å². The van der Waals surface area contributed by atoms with E-state index < -0.39 is 12.6 Å². The van der Waals surface area contributed by atoms with E-state index in [2.05, 4.69) is 5.32 Å². The van der Waals surface area contributed by atoms with E-state index in [4.69, 9.17) is 9.84 Å². The molecule has 0 aromatic heterocycles. The van der Waals surface area contributed by atoms with Crippen molar-refractivity contribution in [2.45, 2.75) is 25.7 Å². The molecule has 1 amide bonds. The molecule has 3 atom stereocenters. The van der Waals surface area contributed by atoms with Crippen molar-refractivity contribution in [3.05, 3.63) is 29.8 Å². The standard InChI is InChI=1S/C17H21NO4/c19-16(20)10-22-15-3-1-2-13(8-15)17(21)18-9-14-7-11-4-5-12(14)6-11/h1-3,8,11-12,14H,4-7,9-10H2,(H,18,21)(H,19,20). The second-order valence-electron chi connectivity index (χ2n) is 6.36. The zero-order chi connectivity index (χ0) is 15.5. The molecule has 0 radical (unpaired) electrons. The van der Waals surface area contributed by atoms with Crippen LogP contribution < -0.4 is 10.1 Å². The highest BCUT2D eigenvalue weighted by Crippen LogP contribution is 2.47. The number of rotatable bonds is 6. The fraction of sp³-hybridized carbons (Fsp3) is 0.529. The molecular formula is C17H21NO4. The smallest absolute Gasteiger partial charge is 0.341 e. The Morgan fingerprint density at radius 3 is 2.82 bits per heavy atom. The number of carbonyl (C=O) groups excluding carboxylic acids is 1. The molecule has 3 rings (SSSR count). The number of carboxylic acid groups (broad SMARTS) is 1. The number of carbonyl (C=O) groups is 2. The summed E-state index contributed by atoms with van der Waals surface area (Å²) < 4.78 is 5.10. The van der Waals surface area contributed by atoms with Gasteiger partial charge in [0.1, 0.15) is 5.75 Å². The van der Waals surface area contributed by atoms with E-state index in [0.717, 1.165) is 18.4 Å². The van der Waals surface area contributed by atoms with Crippen molar-refractivity contribution < 1.29 is 19.4 Å². The number of fused-ring (bicyclic) bond motifs is 2. The van der Waals surface area contributed by atoms with Crippen LogP contribution in [-0.2, 0) is 4.79 Å². The number of hydrogen-bond acceptors (Lipinski definition) is 3. The van der Waals surface area contributed by atoms with E-state index in [1.54, 1.807) is 24.3 Å². The normalized spacial score (nSPS) is 25.9. The summed E-state index contributed by atoms with van der Waals surface area (Å²) in [5.74, 6) is 1.52. The third-order valence-corrected chi connectivity index (χ3v) is 4.87. The number of carboxylic acids is 1.